The Hall–Kier alpha value is -9.38. The molecule has 9 rings (SSSR count). The van der Waals surface area contributed by atoms with Crippen molar-refractivity contribution in [2.75, 3.05) is 11.1 Å². The molecule has 77 heavy (non-hydrogen) atoms. The number of anilines is 2. The average molecular weight is 1080 g/mol. The molecule has 398 valence electrons. The number of aliphatic imine (C=N–C) groups is 4. The number of aromatic nitrogens is 6. The third-order valence-electron chi connectivity index (χ3n) is 9.03. The van der Waals surface area contributed by atoms with Gasteiger partial charge >= 0.3 is 11.9 Å². The second-order valence-electron chi connectivity index (χ2n) is 15.4. The minimum atomic E-state index is -0.562. The summed E-state index contributed by atoms with van der Waals surface area (Å²) in [4.78, 5) is 58.2. The SMILES string of the molecule is CC(=Nc1ccccc1)n1cc[n+](C(C)=Nc2ccccc2)c1.CC(=Nc1ccccc1)n1ccnc1.CC(=O)Nc1ccccc1.CC(=O)OC(C)=O.CC(Cl)=Nc1ccccc1.Nc1ccccc1.[Cl-].c1c[nH]cn1. The van der Waals surface area contributed by atoms with E-state index in [0.717, 1.165) is 51.6 Å². The first kappa shape index (κ1) is 63.7. The number of hydrogen-bond acceptors (Lipinski definition) is 11. The van der Waals surface area contributed by atoms with E-state index in [1.54, 1.807) is 38.2 Å². The van der Waals surface area contributed by atoms with Crippen LogP contribution in [0.1, 0.15) is 48.5 Å². The van der Waals surface area contributed by atoms with E-state index in [9.17, 15) is 14.4 Å². The van der Waals surface area contributed by atoms with Gasteiger partial charge in [0.1, 0.15) is 35.4 Å². The molecule has 6 aromatic carbocycles. The highest BCUT2D eigenvalue weighted by atomic mass is 35.5. The molecule has 18 heteroatoms. The number of nitrogen functional groups attached to an aromatic ring is 1. The molecule has 4 N–H and O–H groups in total. The Bertz CT molecular complexity index is 3000. The fraction of sp³-hybridized carbons (Fsp3) is 0.119. The fourth-order valence-electron chi connectivity index (χ4n) is 5.71. The Balaban J connectivity index is 0.000000326. The number of ether oxygens (including phenoxy) is 1. The summed E-state index contributed by atoms with van der Waals surface area (Å²) in [7, 11) is 0. The van der Waals surface area contributed by atoms with E-state index in [2.05, 4.69) is 45.0 Å². The van der Waals surface area contributed by atoms with Crippen LogP contribution < -0.4 is 28.0 Å². The normalized spacial score (nSPS) is 10.5. The highest BCUT2D eigenvalue weighted by molar-refractivity contribution is 6.65. The molecule has 9 aromatic rings. The van der Waals surface area contributed by atoms with Crippen molar-refractivity contribution in [2.45, 2.75) is 48.5 Å². The maximum Gasteiger partial charge on any atom is 0.310 e. The molecule has 0 fully saturated rings. The maximum absolute atomic E-state index is 10.5. The number of esters is 2. The van der Waals surface area contributed by atoms with Crippen molar-refractivity contribution < 1.29 is 36.1 Å². The lowest BCUT2D eigenvalue weighted by molar-refractivity contribution is -0.555. The molecule has 0 aliphatic heterocycles. The lowest BCUT2D eigenvalue weighted by atomic mass is 10.3. The number of H-pyrrole nitrogens is 1. The molecule has 0 radical (unpaired) electrons. The first-order chi connectivity index (χ1) is 36.7. The zero-order valence-electron chi connectivity index (χ0n) is 44.0. The fourth-order valence-corrected chi connectivity index (χ4v) is 5.80. The molecule has 0 aliphatic carbocycles. The third-order valence-corrected chi connectivity index (χ3v) is 9.11. The van der Waals surface area contributed by atoms with Crippen LogP contribution in [0.2, 0.25) is 0 Å². The van der Waals surface area contributed by atoms with Gasteiger partial charge in [-0.1, -0.05) is 121 Å². The highest BCUT2D eigenvalue weighted by Gasteiger charge is 2.09. The van der Waals surface area contributed by atoms with Gasteiger partial charge in [-0.25, -0.2) is 34.1 Å². The van der Waals surface area contributed by atoms with Gasteiger partial charge in [0.05, 0.1) is 23.4 Å². The number of rotatable bonds is 5. The molecule has 0 bridgehead atoms. The first-order valence-corrected chi connectivity index (χ1v) is 24.0. The van der Waals surface area contributed by atoms with E-state index in [4.69, 9.17) is 17.3 Å². The number of nitrogens with zero attached hydrogens (tertiary/aromatic N) is 9. The Morgan fingerprint density at radius 1 is 0.558 bits per heavy atom. The number of nitrogens with two attached hydrogens (primary N) is 1. The van der Waals surface area contributed by atoms with Gasteiger partial charge in [0.25, 0.3) is 0 Å². The maximum atomic E-state index is 10.5. The van der Waals surface area contributed by atoms with Gasteiger partial charge in [-0.05, 0) is 86.6 Å². The van der Waals surface area contributed by atoms with Crippen molar-refractivity contribution in [3.8, 4) is 0 Å². The molecule has 0 saturated heterocycles. The summed E-state index contributed by atoms with van der Waals surface area (Å²) < 4.78 is 9.82. The molecule has 3 aromatic heterocycles. The smallest absolute Gasteiger partial charge is 0.310 e. The number of para-hydroxylation sites is 6. The van der Waals surface area contributed by atoms with Gasteiger partial charge in [-0.15, -0.1) is 4.99 Å². The third kappa shape index (κ3) is 30.4. The van der Waals surface area contributed by atoms with Gasteiger partial charge in [0.2, 0.25) is 18.1 Å². The Labute approximate surface area is 461 Å². The molecule has 3 heterocycles. The van der Waals surface area contributed by atoms with E-state index in [0.29, 0.717) is 5.17 Å². The quantitative estimate of drug-likeness (QED) is 0.0380. The van der Waals surface area contributed by atoms with E-state index < -0.39 is 11.9 Å². The number of hydrogen-bond donors (Lipinski definition) is 3. The number of nitrogens with one attached hydrogen (secondary N) is 2. The Kier molecular flexibility index (Phi) is 31.6. The number of benzene rings is 6. The topological polar surface area (TPSA) is 203 Å². The summed E-state index contributed by atoms with van der Waals surface area (Å²) in [6.07, 6.45) is 16.4. The van der Waals surface area contributed by atoms with Crippen LogP contribution in [0.15, 0.2) is 258 Å². The molecule has 0 saturated carbocycles. The van der Waals surface area contributed by atoms with Crippen LogP contribution >= 0.6 is 11.6 Å². The van der Waals surface area contributed by atoms with E-state index >= 15 is 0 Å². The van der Waals surface area contributed by atoms with Crippen molar-refractivity contribution in [1.82, 2.24) is 24.1 Å². The van der Waals surface area contributed by atoms with Crippen LogP contribution in [0.5, 0.6) is 0 Å². The average Bonchev–Trinajstić information content (AvgIpc) is 4.26. The van der Waals surface area contributed by atoms with Crippen molar-refractivity contribution in [2.24, 2.45) is 20.0 Å². The first-order valence-electron chi connectivity index (χ1n) is 23.6. The van der Waals surface area contributed by atoms with Gasteiger partial charge in [0.15, 0.2) is 5.84 Å². The Morgan fingerprint density at radius 3 is 1.32 bits per heavy atom. The van der Waals surface area contributed by atoms with Crippen LogP contribution in [0.4, 0.5) is 34.1 Å². The molecule has 1 amide bonds. The Morgan fingerprint density at radius 2 is 0.987 bits per heavy atom. The number of imidazole rings is 3. The minimum absolute atomic E-state index is 0. The standard InChI is InChI=1S/C19H19N4.C11H11N3.C8H8ClN.C8H9NO.C6H7N.C4H6O3.C3H4N2.ClH/c1-16(20-18-9-5-3-6-10-18)22-13-14-23(15-22)17(2)21-19-11-7-4-8-12-19;1-10(14-8-7-12-9-14)13-11-5-3-2-4-6-11;1-7(9)10-8-5-3-2-4-6-8;1-7(10)9-8-5-3-2-4-6-8;7-6-4-2-1-3-5-6;1-3(5)7-4(2)6;1-2-5-3-4-1;/h3-15H,1-2H3;2-9H,1H3;2-6H,1H3;2-6H,1H3,(H,9,10);1-5H,7H2;1-2H3;1-3H,(H,4,5);1H/q+1;;;;;;;/p-1. The zero-order valence-corrected chi connectivity index (χ0v) is 45.5. The minimum Gasteiger partial charge on any atom is -1.00 e. The van der Waals surface area contributed by atoms with Crippen LogP contribution in [-0.4, -0.2) is 64.6 Å². The summed E-state index contributed by atoms with van der Waals surface area (Å²) in [5.74, 6) is 1.56. The second-order valence-corrected chi connectivity index (χ2v) is 16.0. The summed E-state index contributed by atoms with van der Waals surface area (Å²) in [5, 5.41) is 3.23. The monoisotopic (exact) mass is 1070 g/mol. The van der Waals surface area contributed by atoms with Crippen molar-refractivity contribution in [3.05, 3.63) is 238 Å². The van der Waals surface area contributed by atoms with Crippen molar-refractivity contribution in [3.63, 3.8) is 0 Å². The predicted octanol–water partition coefficient (Wildman–Crippen LogP) is 9.85. The van der Waals surface area contributed by atoms with Gasteiger partial charge in [-0.2, -0.15) is 0 Å². The molecule has 0 aliphatic rings. The predicted molar refractivity (Wildman–Crippen MR) is 308 cm³/mol. The number of carbonyl (C=O) groups is 3. The highest BCUT2D eigenvalue weighted by Crippen LogP contribution is 2.13. The molecule has 0 atom stereocenters. The van der Waals surface area contributed by atoms with Crippen LogP contribution in [-0.2, 0) is 19.1 Å². The number of carbonyl (C=O) groups excluding carboxylic acids is 3. The summed E-state index contributed by atoms with van der Waals surface area (Å²) >= 11 is 5.56. The molecular weight excluding hydrogens is 1010 g/mol. The largest absolute Gasteiger partial charge is 1.00 e. The van der Waals surface area contributed by atoms with Crippen LogP contribution in [0.3, 0.4) is 0 Å². The lowest BCUT2D eigenvalue weighted by Gasteiger charge is -2.00. The van der Waals surface area contributed by atoms with Crippen LogP contribution in [0, 0.1) is 0 Å². The van der Waals surface area contributed by atoms with E-state index in [1.165, 1.54) is 20.8 Å². The summed E-state index contributed by atoms with van der Waals surface area (Å²) in [6.45, 7) is 11.5. The summed E-state index contributed by atoms with van der Waals surface area (Å²) in [5.41, 5.74) is 10.8. The van der Waals surface area contributed by atoms with Gasteiger partial charge < -0.3 is 33.2 Å². The molecule has 0 unspecified atom stereocenters. The van der Waals surface area contributed by atoms with Gasteiger partial charge in [-0.3, -0.25) is 19.0 Å². The summed E-state index contributed by atoms with van der Waals surface area (Å²) in [6, 6.07) is 58.2. The molecular formula is C59H64Cl2N12O4. The number of aromatic amines is 1. The number of halogens is 2. The van der Waals surface area contributed by atoms with Crippen LogP contribution in [0.25, 0.3) is 0 Å². The van der Waals surface area contributed by atoms with E-state index in [1.807, 2.05) is 241 Å². The molecule has 0 spiro atoms. The molecule has 16 nitrogen and oxygen atoms in total. The van der Waals surface area contributed by atoms with Crippen molar-refractivity contribution in [1.29, 1.82) is 0 Å². The number of amides is 1. The van der Waals surface area contributed by atoms with Crippen molar-refractivity contribution >= 4 is 86.2 Å². The second kappa shape index (κ2) is 38.2. The lowest BCUT2D eigenvalue weighted by Crippen LogP contribution is -3.00. The van der Waals surface area contributed by atoms with Gasteiger partial charge in [0, 0.05) is 70.8 Å². The zero-order chi connectivity index (χ0) is 55.2. The van der Waals surface area contributed by atoms with E-state index in [-0.39, 0.29) is 18.3 Å².